The summed E-state index contributed by atoms with van der Waals surface area (Å²) in [5.41, 5.74) is -0.264. The van der Waals surface area contributed by atoms with Crippen LogP contribution in [0.5, 0.6) is 0 Å². The highest BCUT2D eigenvalue weighted by Gasteiger charge is 2.20. The minimum Gasteiger partial charge on any atom is -0.464 e. The molecule has 2 aromatic rings. The number of anilines is 2. The van der Waals surface area contributed by atoms with Gasteiger partial charge >= 0.3 is 11.7 Å². The van der Waals surface area contributed by atoms with Crippen molar-refractivity contribution in [3.8, 4) is 0 Å². The van der Waals surface area contributed by atoms with E-state index in [9.17, 15) is 14.9 Å². The maximum Gasteiger partial charge on any atom is 0.356 e. The summed E-state index contributed by atoms with van der Waals surface area (Å²) < 4.78 is 4.53. The molecule has 0 atom stereocenters. The van der Waals surface area contributed by atoms with E-state index < -0.39 is 10.9 Å². The van der Waals surface area contributed by atoms with Crippen molar-refractivity contribution in [3.63, 3.8) is 0 Å². The van der Waals surface area contributed by atoms with Crippen molar-refractivity contribution in [1.29, 1.82) is 0 Å². The lowest BCUT2D eigenvalue weighted by atomic mass is 10.3. The normalized spacial score (nSPS) is 10.1. The van der Waals surface area contributed by atoms with Crippen LogP contribution in [0.15, 0.2) is 18.3 Å². The third-order valence-corrected chi connectivity index (χ3v) is 3.14. The number of esters is 1. The van der Waals surface area contributed by atoms with Gasteiger partial charge < -0.3 is 10.1 Å². The van der Waals surface area contributed by atoms with Crippen LogP contribution in [0.3, 0.4) is 0 Å². The van der Waals surface area contributed by atoms with E-state index in [1.165, 1.54) is 30.6 Å². The standard InChI is InChI=1S/C11H10N4O4S/c1-6-5-12-11(20-6)14-9-8(15(17)18)4-3-7(13-9)10(16)19-2/h3-5H,1-2H3,(H,12,13,14). The number of nitro groups is 1. The summed E-state index contributed by atoms with van der Waals surface area (Å²) in [5.74, 6) is -0.717. The molecule has 0 aliphatic heterocycles. The average molecular weight is 294 g/mol. The van der Waals surface area contributed by atoms with E-state index in [1.54, 1.807) is 6.20 Å². The van der Waals surface area contributed by atoms with E-state index in [0.717, 1.165) is 4.88 Å². The number of nitrogens with one attached hydrogen (secondary N) is 1. The van der Waals surface area contributed by atoms with Crippen molar-refractivity contribution in [3.05, 3.63) is 39.0 Å². The van der Waals surface area contributed by atoms with E-state index in [0.29, 0.717) is 5.13 Å². The molecule has 8 nitrogen and oxygen atoms in total. The first-order valence-corrected chi connectivity index (χ1v) is 6.26. The zero-order valence-electron chi connectivity index (χ0n) is 10.6. The monoisotopic (exact) mass is 294 g/mol. The molecule has 0 aliphatic rings. The quantitative estimate of drug-likeness (QED) is 0.523. The van der Waals surface area contributed by atoms with Crippen molar-refractivity contribution >= 4 is 33.9 Å². The van der Waals surface area contributed by atoms with Gasteiger partial charge in [-0.3, -0.25) is 10.1 Å². The molecule has 9 heteroatoms. The lowest BCUT2D eigenvalue weighted by molar-refractivity contribution is -0.384. The zero-order chi connectivity index (χ0) is 14.7. The Labute approximate surface area is 117 Å². The Kier molecular flexibility index (Phi) is 3.89. The number of carbonyl (C=O) groups is 1. The summed E-state index contributed by atoms with van der Waals surface area (Å²) in [4.78, 5) is 30.7. The third kappa shape index (κ3) is 2.88. The highest BCUT2D eigenvalue weighted by molar-refractivity contribution is 7.15. The van der Waals surface area contributed by atoms with Gasteiger partial charge in [-0.2, -0.15) is 0 Å². The zero-order valence-corrected chi connectivity index (χ0v) is 11.4. The molecule has 0 aliphatic carbocycles. The molecule has 2 rings (SSSR count). The van der Waals surface area contributed by atoms with E-state index in [1.807, 2.05) is 6.92 Å². The molecule has 0 radical (unpaired) electrons. The Balaban J connectivity index is 2.41. The maximum atomic E-state index is 11.4. The van der Waals surface area contributed by atoms with E-state index >= 15 is 0 Å². The van der Waals surface area contributed by atoms with Crippen LogP contribution in [0, 0.1) is 17.0 Å². The number of hydrogen-bond donors (Lipinski definition) is 1. The lowest BCUT2D eigenvalue weighted by Crippen LogP contribution is -2.07. The molecule has 0 bridgehead atoms. The summed E-state index contributed by atoms with van der Waals surface area (Å²) in [7, 11) is 1.21. The van der Waals surface area contributed by atoms with Crippen LogP contribution in [-0.2, 0) is 4.74 Å². The molecular weight excluding hydrogens is 284 g/mol. The SMILES string of the molecule is COC(=O)c1ccc([N+](=O)[O-])c(Nc2ncc(C)s2)n1. The minimum absolute atomic E-state index is 0.0196. The van der Waals surface area contributed by atoms with Crippen molar-refractivity contribution in [1.82, 2.24) is 9.97 Å². The molecule has 0 aromatic carbocycles. The van der Waals surface area contributed by atoms with E-state index in [2.05, 4.69) is 20.0 Å². The molecule has 104 valence electrons. The fourth-order valence-electron chi connectivity index (χ4n) is 1.42. The Morgan fingerprint density at radius 1 is 1.50 bits per heavy atom. The Morgan fingerprint density at radius 3 is 2.80 bits per heavy atom. The first kappa shape index (κ1) is 13.9. The number of aryl methyl sites for hydroxylation is 1. The number of rotatable bonds is 4. The Hall–Kier alpha value is -2.55. The summed E-state index contributed by atoms with van der Waals surface area (Å²) in [5, 5.41) is 14.2. The van der Waals surface area contributed by atoms with Gasteiger partial charge in [0.15, 0.2) is 10.8 Å². The van der Waals surface area contributed by atoms with Crippen LogP contribution in [0.25, 0.3) is 0 Å². The summed E-state index contributed by atoms with van der Waals surface area (Å²) in [6, 6.07) is 2.43. The molecule has 0 amide bonds. The van der Waals surface area contributed by atoms with Gasteiger partial charge in [0.05, 0.1) is 12.0 Å². The maximum absolute atomic E-state index is 11.4. The molecule has 20 heavy (non-hydrogen) atoms. The molecule has 1 N–H and O–H groups in total. The van der Waals surface area contributed by atoms with Crippen molar-refractivity contribution in [2.24, 2.45) is 0 Å². The van der Waals surface area contributed by atoms with Gasteiger partial charge in [0.25, 0.3) is 0 Å². The van der Waals surface area contributed by atoms with Crippen molar-refractivity contribution < 1.29 is 14.5 Å². The number of thiazole rings is 1. The molecule has 0 saturated heterocycles. The van der Waals surface area contributed by atoms with Crippen LogP contribution in [0.2, 0.25) is 0 Å². The van der Waals surface area contributed by atoms with Gasteiger partial charge in [-0.1, -0.05) is 0 Å². The van der Waals surface area contributed by atoms with Crippen molar-refractivity contribution in [2.45, 2.75) is 6.92 Å². The van der Waals surface area contributed by atoms with Crippen LogP contribution < -0.4 is 5.32 Å². The van der Waals surface area contributed by atoms with E-state index in [4.69, 9.17) is 0 Å². The first-order valence-electron chi connectivity index (χ1n) is 5.44. The number of pyridine rings is 1. The molecule has 0 saturated carbocycles. The van der Waals surface area contributed by atoms with Gasteiger partial charge in [0, 0.05) is 17.1 Å². The average Bonchev–Trinajstić information content (AvgIpc) is 2.82. The fraction of sp³-hybridized carbons (Fsp3) is 0.182. The predicted octanol–water partition coefficient (Wildman–Crippen LogP) is 2.28. The van der Waals surface area contributed by atoms with E-state index in [-0.39, 0.29) is 17.2 Å². The Morgan fingerprint density at radius 2 is 2.25 bits per heavy atom. The van der Waals surface area contributed by atoms with Gasteiger partial charge in [0.1, 0.15) is 0 Å². The second-order valence-electron chi connectivity index (χ2n) is 3.71. The van der Waals surface area contributed by atoms with Crippen LogP contribution in [0.4, 0.5) is 16.6 Å². The number of aromatic nitrogens is 2. The number of hydrogen-bond acceptors (Lipinski definition) is 8. The second-order valence-corrected chi connectivity index (χ2v) is 4.95. The smallest absolute Gasteiger partial charge is 0.356 e. The number of nitrogens with zero attached hydrogens (tertiary/aromatic N) is 3. The van der Waals surface area contributed by atoms with Crippen LogP contribution >= 0.6 is 11.3 Å². The highest BCUT2D eigenvalue weighted by Crippen LogP contribution is 2.28. The minimum atomic E-state index is -0.668. The lowest BCUT2D eigenvalue weighted by Gasteiger charge is -2.05. The molecule has 0 unspecified atom stereocenters. The molecule has 2 aromatic heterocycles. The fourth-order valence-corrected chi connectivity index (χ4v) is 2.09. The molecule has 0 spiro atoms. The van der Waals surface area contributed by atoms with Crippen LogP contribution in [0.1, 0.15) is 15.4 Å². The van der Waals surface area contributed by atoms with Gasteiger partial charge in [-0.25, -0.2) is 14.8 Å². The summed E-state index contributed by atoms with van der Waals surface area (Å²) in [6.45, 7) is 1.86. The second kappa shape index (κ2) is 5.61. The predicted molar refractivity (Wildman–Crippen MR) is 72.4 cm³/mol. The summed E-state index contributed by atoms with van der Waals surface area (Å²) >= 11 is 1.32. The number of carbonyl (C=O) groups excluding carboxylic acids is 1. The summed E-state index contributed by atoms with van der Waals surface area (Å²) in [6.07, 6.45) is 1.63. The third-order valence-electron chi connectivity index (χ3n) is 2.31. The number of ether oxygens (including phenoxy) is 1. The van der Waals surface area contributed by atoms with Gasteiger partial charge in [-0.05, 0) is 13.0 Å². The molecule has 0 fully saturated rings. The highest BCUT2D eigenvalue weighted by atomic mass is 32.1. The molecular formula is C11H10N4O4S. The van der Waals surface area contributed by atoms with Gasteiger partial charge in [0.2, 0.25) is 5.82 Å². The van der Waals surface area contributed by atoms with Gasteiger partial charge in [-0.15, -0.1) is 11.3 Å². The topological polar surface area (TPSA) is 107 Å². The largest absolute Gasteiger partial charge is 0.464 e. The Bertz CT molecular complexity index is 670. The van der Waals surface area contributed by atoms with Crippen LogP contribution in [-0.4, -0.2) is 28.0 Å². The number of methoxy groups -OCH3 is 1. The first-order chi connectivity index (χ1) is 9.51. The van der Waals surface area contributed by atoms with Crippen molar-refractivity contribution in [2.75, 3.05) is 12.4 Å². The molecule has 2 heterocycles.